The first kappa shape index (κ1) is 21.7. The first-order chi connectivity index (χ1) is 13.8. The summed E-state index contributed by atoms with van der Waals surface area (Å²) in [5, 5.41) is 5.87. The summed E-state index contributed by atoms with van der Waals surface area (Å²) in [6, 6.07) is 9.35. The van der Waals surface area contributed by atoms with Gasteiger partial charge in [0.2, 0.25) is 0 Å². The van der Waals surface area contributed by atoms with Gasteiger partial charge in [-0.25, -0.2) is 5.43 Å². The van der Waals surface area contributed by atoms with E-state index in [-0.39, 0.29) is 0 Å². The molecule has 0 aromatic heterocycles. The fraction of sp³-hybridized carbons (Fsp3) is 0.211. The van der Waals surface area contributed by atoms with Gasteiger partial charge in [0.05, 0.1) is 38.1 Å². The second-order valence-electron chi connectivity index (χ2n) is 5.60. The molecule has 0 atom stereocenters. The van der Waals surface area contributed by atoms with Crippen molar-refractivity contribution in [2.75, 3.05) is 20.8 Å². The summed E-state index contributed by atoms with van der Waals surface area (Å²) in [4.78, 5) is 23.8. The van der Waals surface area contributed by atoms with E-state index >= 15 is 0 Å². The normalized spacial score (nSPS) is 11.2. The Morgan fingerprint density at radius 1 is 1.07 bits per heavy atom. The van der Waals surface area contributed by atoms with E-state index in [2.05, 4.69) is 15.8 Å². The van der Waals surface area contributed by atoms with Crippen LogP contribution in [0.1, 0.15) is 21.5 Å². The summed E-state index contributed by atoms with van der Waals surface area (Å²) in [5.41, 5.74) is 1.04. The van der Waals surface area contributed by atoms with Crippen LogP contribution < -0.4 is 20.2 Å². The molecule has 0 spiro atoms. The lowest BCUT2D eigenvalue weighted by atomic mass is 10.1. The van der Waals surface area contributed by atoms with Gasteiger partial charge in [-0.15, -0.1) is 0 Å². The van der Waals surface area contributed by atoms with Crippen LogP contribution in [0, 0.1) is 0 Å². The van der Waals surface area contributed by atoms with Crippen LogP contribution in [0.5, 0.6) is 11.5 Å². The van der Waals surface area contributed by atoms with Crippen molar-refractivity contribution in [3.63, 3.8) is 0 Å². The van der Waals surface area contributed by atoms with Crippen LogP contribution >= 0.6 is 0 Å². The minimum Gasteiger partial charge on any atom is -0.493 e. The summed E-state index contributed by atoms with van der Waals surface area (Å²) in [5.74, 6) is -0.865. The van der Waals surface area contributed by atoms with Crippen LogP contribution in [-0.4, -0.2) is 38.8 Å². The predicted octanol–water partition coefficient (Wildman–Crippen LogP) is 2.60. The molecular weight excluding hydrogens is 391 g/mol. The molecule has 0 aliphatic carbocycles. The third-order valence-corrected chi connectivity index (χ3v) is 3.71. The number of hydrazone groups is 1. The van der Waals surface area contributed by atoms with Crippen LogP contribution in [0.25, 0.3) is 0 Å². The second kappa shape index (κ2) is 9.58. The summed E-state index contributed by atoms with van der Waals surface area (Å²) in [6.07, 6.45) is -3.38. The largest absolute Gasteiger partial charge is 0.493 e. The number of carbonyl (C=O) groups is 2. The van der Waals surface area contributed by atoms with Gasteiger partial charge < -0.3 is 14.8 Å². The molecule has 0 saturated carbocycles. The predicted molar refractivity (Wildman–Crippen MR) is 99.1 cm³/mol. The van der Waals surface area contributed by atoms with E-state index in [0.29, 0.717) is 17.1 Å². The Labute approximate surface area is 164 Å². The first-order valence-electron chi connectivity index (χ1n) is 8.25. The van der Waals surface area contributed by atoms with Gasteiger partial charge in [-0.05, 0) is 24.3 Å². The number of nitrogens with zero attached hydrogens (tertiary/aromatic N) is 1. The van der Waals surface area contributed by atoms with E-state index in [1.165, 1.54) is 32.6 Å². The van der Waals surface area contributed by atoms with Gasteiger partial charge >= 0.3 is 6.18 Å². The topological polar surface area (TPSA) is 89.0 Å². The molecule has 2 aromatic carbocycles. The van der Waals surface area contributed by atoms with Gasteiger partial charge in [-0.1, -0.05) is 18.2 Å². The Kier molecular flexibility index (Phi) is 7.18. The maximum atomic E-state index is 13.0. The molecule has 0 fully saturated rings. The van der Waals surface area contributed by atoms with Gasteiger partial charge in [0, 0.05) is 5.56 Å². The number of methoxy groups -OCH3 is 2. The number of rotatable bonds is 7. The van der Waals surface area contributed by atoms with E-state index in [1.807, 2.05) is 0 Å². The zero-order chi connectivity index (χ0) is 21.4. The Balaban J connectivity index is 1.96. The van der Waals surface area contributed by atoms with Gasteiger partial charge in [0.25, 0.3) is 11.8 Å². The Morgan fingerprint density at radius 2 is 1.79 bits per heavy atom. The van der Waals surface area contributed by atoms with E-state index in [1.54, 1.807) is 18.2 Å². The number of amides is 2. The highest BCUT2D eigenvalue weighted by Crippen LogP contribution is 2.31. The first-order valence-corrected chi connectivity index (χ1v) is 8.25. The fourth-order valence-electron chi connectivity index (χ4n) is 2.41. The van der Waals surface area contributed by atoms with Crippen LogP contribution in [0.4, 0.5) is 13.2 Å². The molecule has 0 radical (unpaired) electrons. The highest BCUT2D eigenvalue weighted by Gasteiger charge is 2.34. The maximum Gasteiger partial charge on any atom is 0.417 e. The average molecular weight is 409 g/mol. The minimum absolute atomic E-state index is 0.407. The van der Waals surface area contributed by atoms with Crippen LogP contribution in [0.2, 0.25) is 0 Å². The Morgan fingerprint density at radius 3 is 2.45 bits per heavy atom. The number of nitrogens with one attached hydrogen (secondary N) is 2. The molecule has 0 unspecified atom stereocenters. The van der Waals surface area contributed by atoms with Crippen molar-refractivity contribution >= 4 is 18.0 Å². The van der Waals surface area contributed by atoms with E-state index in [4.69, 9.17) is 9.47 Å². The van der Waals surface area contributed by atoms with Crippen molar-refractivity contribution < 1.29 is 32.2 Å². The number of benzene rings is 2. The number of carbonyl (C=O) groups excluding carboxylic acids is 2. The molecule has 2 N–H and O–H groups in total. The number of alkyl halides is 3. The summed E-state index contributed by atoms with van der Waals surface area (Å²) >= 11 is 0. The van der Waals surface area contributed by atoms with Gasteiger partial charge in [-0.3, -0.25) is 9.59 Å². The molecule has 0 aliphatic heterocycles. The average Bonchev–Trinajstić information content (AvgIpc) is 2.71. The molecule has 0 heterocycles. The van der Waals surface area contributed by atoms with Crippen molar-refractivity contribution in [2.45, 2.75) is 6.18 Å². The third kappa shape index (κ3) is 5.71. The molecule has 2 rings (SSSR count). The second-order valence-corrected chi connectivity index (χ2v) is 5.60. The lowest BCUT2D eigenvalue weighted by Gasteiger charge is -2.12. The maximum absolute atomic E-state index is 13.0. The lowest BCUT2D eigenvalue weighted by molar-refractivity contribution is -0.137. The molecule has 29 heavy (non-hydrogen) atoms. The lowest BCUT2D eigenvalue weighted by Crippen LogP contribution is -2.35. The quantitative estimate of drug-likeness (QED) is 0.544. The van der Waals surface area contributed by atoms with Gasteiger partial charge in [0.15, 0.2) is 11.5 Å². The van der Waals surface area contributed by atoms with Gasteiger partial charge in [0.1, 0.15) is 0 Å². The van der Waals surface area contributed by atoms with E-state index in [0.717, 1.165) is 12.1 Å². The molecule has 7 nitrogen and oxygen atoms in total. The Hall–Kier alpha value is -3.56. The Bertz CT molecular complexity index is 914. The number of ether oxygens (including phenoxy) is 2. The van der Waals surface area contributed by atoms with Crippen LogP contribution in [0.3, 0.4) is 0 Å². The highest BCUT2D eigenvalue weighted by molar-refractivity contribution is 5.98. The summed E-state index contributed by atoms with van der Waals surface area (Å²) < 4.78 is 49.2. The number of para-hydroxylation sites is 1. The standard InChI is InChI=1S/C19H18F3N3O4/c1-28-15-9-5-6-12(17(15)29-2)10-24-25-16(26)11-23-18(27)13-7-3-4-8-14(13)19(20,21)22/h3-10H,11H2,1-2H3,(H,23,27)(H,25,26). The number of hydrogen-bond donors (Lipinski definition) is 2. The van der Waals surface area contributed by atoms with E-state index < -0.39 is 35.7 Å². The van der Waals surface area contributed by atoms with Crippen molar-refractivity contribution in [1.82, 2.24) is 10.7 Å². The van der Waals surface area contributed by atoms with Crippen molar-refractivity contribution in [1.29, 1.82) is 0 Å². The molecule has 2 aromatic rings. The smallest absolute Gasteiger partial charge is 0.417 e. The fourth-order valence-corrected chi connectivity index (χ4v) is 2.41. The molecule has 0 bridgehead atoms. The molecule has 154 valence electrons. The third-order valence-electron chi connectivity index (χ3n) is 3.71. The molecule has 2 amide bonds. The summed E-state index contributed by atoms with van der Waals surface area (Å²) in [6.45, 7) is -0.558. The minimum atomic E-state index is -4.68. The SMILES string of the molecule is COc1cccc(C=NNC(=O)CNC(=O)c2ccccc2C(F)(F)F)c1OC. The molecule has 0 aliphatic rings. The zero-order valence-electron chi connectivity index (χ0n) is 15.5. The highest BCUT2D eigenvalue weighted by atomic mass is 19.4. The monoisotopic (exact) mass is 409 g/mol. The van der Waals surface area contributed by atoms with E-state index in [9.17, 15) is 22.8 Å². The molecule has 0 saturated heterocycles. The van der Waals surface area contributed by atoms with Crippen LogP contribution in [-0.2, 0) is 11.0 Å². The number of halogens is 3. The summed E-state index contributed by atoms with van der Waals surface area (Å²) in [7, 11) is 2.92. The zero-order valence-corrected chi connectivity index (χ0v) is 15.5. The van der Waals surface area contributed by atoms with Crippen molar-refractivity contribution in [2.24, 2.45) is 5.10 Å². The molecule has 10 heteroatoms. The van der Waals surface area contributed by atoms with Gasteiger partial charge in [-0.2, -0.15) is 18.3 Å². The van der Waals surface area contributed by atoms with Crippen molar-refractivity contribution in [3.05, 3.63) is 59.2 Å². The number of hydrogen-bond acceptors (Lipinski definition) is 5. The van der Waals surface area contributed by atoms with Crippen molar-refractivity contribution in [3.8, 4) is 11.5 Å². The van der Waals surface area contributed by atoms with Crippen LogP contribution in [0.15, 0.2) is 47.6 Å². The molecular formula is C19H18F3N3O4.